The fourth-order valence-electron chi connectivity index (χ4n) is 1.89. The number of carbonyl (C=O) groups excluding carboxylic acids is 2. The third-order valence-electron chi connectivity index (χ3n) is 3.16. The lowest BCUT2D eigenvalue weighted by Crippen LogP contribution is -2.35. The van der Waals surface area contributed by atoms with Crippen molar-refractivity contribution in [2.24, 2.45) is 5.92 Å². The first-order chi connectivity index (χ1) is 9.60. The number of hydrogen-bond acceptors (Lipinski definition) is 3. The lowest BCUT2D eigenvalue weighted by atomic mass is 10.2. The highest BCUT2D eigenvalue weighted by Crippen LogP contribution is 2.30. The molecule has 2 amide bonds. The highest BCUT2D eigenvalue weighted by Gasteiger charge is 2.29. The maximum atomic E-state index is 11.9. The molecule has 0 radical (unpaired) electrons. The van der Waals surface area contributed by atoms with Crippen LogP contribution in [0, 0.1) is 5.92 Å². The molecule has 1 aliphatic carbocycles. The van der Waals surface area contributed by atoms with Crippen molar-refractivity contribution in [3.63, 3.8) is 0 Å². The molecule has 0 spiro atoms. The molecule has 5 nitrogen and oxygen atoms in total. The van der Waals surface area contributed by atoms with Crippen molar-refractivity contribution in [3.8, 4) is 0 Å². The van der Waals surface area contributed by atoms with E-state index in [1.165, 1.54) is 0 Å². The Morgan fingerprint density at radius 3 is 2.50 bits per heavy atom. The molecule has 2 N–H and O–H groups in total. The van der Waals surface area contributed by atoms with Crippen LogP contribution in [-0.4, -0.2) is 31.6 Å². The van der Waals surface area contributed by atoms with Crippen molar-refractivity contribution in [2.45, 2.75) is 25.8 Å². The second-order valence-corrected chi connectivity index (χ2v) is 5.17. The molecule has 1 fully saturated rings. The smallest absolute Gasteiger partial charge is 0.251 e. The summed E-state index contributed by atoms with van der Waals surface area (Å²) in [6.07, 6.45) is 1.95. The summed E-state index contributed by atoms with van der Waals surface area (Å²) in [5.74, 6) is 0.0957. The molecule has 1 atom stereocenters. The number of amides is 2. The molecule has 1 aliphatic rings. The summed E-state index contributed by atoms with van der Waals surface area (Å²) >= 11 is 0. The minimum Gasteiger partial charge on any atom is -0.383 e. The Morgan fingerprint density at radius 1 is 1.30 bits per heavy atom. The van der Waals surface area contributed by atoms with Crippen molar-refractivity contribution in [1.82, 2.24) is 5.32 Å². The molecular formula is C15H20N2O3. The zero-order chi connectivity index (χ0) is 14.5. The number of carbonyl (C=O) groups is 2. The predicted octanol–water partition coefficient (Wildman–Crippen LogP) is 1.80. The quantitative estimate of drug-likeness (QED) is 0.832. The van der Waals surface area contributed by atoms with E-state index in [4.69, 9.17) is 4.74 Å². The van der Waals surface area contributed by atoms with Crippen LogP contribution in [0.1, 0.15) is 30.1 Å². The SMILES string of the molecule is COC[C@@H](C)NC(=O)c1ccc(NC(=O)C2CC2)cc1. The van der Waals surface area contributed by atoms with Crippen LogP contribution in [0.3, 0.4) is 0 Å². The fourth-order valence-corrected chi connectivity index (χ4v) is 1.89. The molecule has 1 aromatic rings. The Balaban J connectivity index is 1.89. The van der Waals surface area contributed by atoms with E-state index in [2.05, 4.69) is 10.6 Å². The predicted molar refractivity (Wildman–Crippen MR) is 76.6 cm³/mol. The van der Waals surface area contributed by atoms with E-state index in [9.17, 15) is 9.59 Å². The van der Waals surface area contributed by atoms with E-state index < -0.39 is 0 Å². The molecular weight excluding hydrogens is 256 g/mol. The van der Waals surface area contributed by atoms with Crippen LogP contribution in [-0.2, 0) is 9.53 Å². The molecule has 2 rings (SSSR count). The zero-order valence-corrected chi connectivity index (χ0v) is 11.8. The standard InChI is InChI=1S/C15H20N2O3/c1-10(9-20-2)16-14(18)12-5-7-13(8-6-12)17-15(19)11-3-4-11/h5-8,10-11H,3-4,9H2,1-2H3,(H,16,18)(H,17,19)/t10-/m1/s1. The van der Waals surface area contributed by atoms with Gasteiger partial charge in [-0.3, -0.25) is 9.59 Å². The van der Waals surface area contributed by atoms with Crippen molar-refractivity contribution in [3.05, 3.63) is 29.8 Å². The average molecular weight is 276 g/mol. The molecule has 0 unspecified atom stereocenters. The average Bonchev–Trinajstić information content (AvgIpc) is 3.24. The summed E-state index contributed by atoms with van der Waals surface area (Å²) in [4.78, 5) is 23.5. The summed E-state index contributed by atoms with van der Waals surface area (Å²) in [7, 11) is 1.60. The molecule has 108 valence electrons. The molecule has 1 saturated carbocycles. The first kappa shape index (κ1) is 14.5. The maximum absolute atomic E-state index is 11.9. The zero-order valence-electron chi connectivity index (χ0n) is 11.8. The monoisotopic (exact) mass is 276 g/mol. The van der Waals surface area contributed by atoms with E-state index in [0.29, 0.717) is 12.2 Å². The van der Waals surface area contributed by atoms with Gasteiger partial charge in [0.25, 0.3) is 5.91 Å². The number of benzene rings is 1. The Labute approximate surface area is 118 Å². The van der Waals surface area contributed by atoms with Crippen molar-refractivity contribution in [2.75, 3.05) is 19.0 Å². The minimum atomic E-state index is -0.144. The van der Waals surface area contributed by atoms with Gasteiger partial charge in [0.2, 0.25) is 5.91 Å². The van der Waals surface area contributed by atoms with Gasteiger partial charge in [-0.15, -0.1) is 0 Å². The van der Waals surface area contributed by atoms with E-state index in [1.54, 1.807) is 31.4 Å². The lowest BCUT2D eigenvalue weighted by Gasteiger charge is -2.13. The topological polar surface area (TPSA) is 67.4 Å². The number of ether oxygens (including phenoxy) is 1. The van der Waals surface area contributed by atoms with Crippen LogP contribution in [0.25, 0.3) is 0 Å². The van der Waals surface area contributed by atoms with E-state index in [0.717, 1.165) is 18.5 Å². The van der Waals surface area contributed by atoms with Crippen LogP contribution in [0.5, 0.6) is 0 Å². The Kier molecular flexibility index (Phi) is 4.74. The molecule has 0 aromatic heterocycles. The third-order valence-corrected chi connectivity index (χ3v) is 3.16. The van der Waals surface area contributed by atoms with Gasteiger partial charge in [0.05, 0.1) is 6.61 Å². The highest BCUT2D eigenvalue weighted by molar-refractivity contribution is 5.96. The summed E-state index contributed by atoms with van der Waals surface area (Å²) in [5, 5.41) is 5.67. The second kappa shape index (κ2) is 6.52. The Bertz CT molecular complexity index is 480. The second-order valence-electron chi connectivity index (χ2n) is 5.17. The maximum Gasteiger partial charge on any atom is 0.251 e. The summed E-state index contributed by atoms with van der Waals surface area (Å²) in [6.45, 7) is 2.35. The van der Waals surface area contributed by atoms with Gasteiger partial charge in [0.1, 0.15) is 0 Å². The fraction of sp³-hybridized carbons (Fsp3) is 0.467. The number of hydrogen-bond donors (Lipinski definition) is 2. The molecule has 0 heterocycles. The van der Waals surface area contributed by atoms with Crippen LogP contribution in [0.15, 0.2) is 24.3 Å². The molecule has 0 bridgehead atoms. The minimum absolute atomic E-state index is 0.0401. The largest absolute Gasteiger partial charge is 0.383 e. The van der Waals surface area contributed by atoms with Gasteiger partial charge < -0.3 is 15.4 Å². The van der Waals surface area contributed by atoms with E-state index >= 15 is 0 Å². The lowest BCUT2D eigenvalue weighted by molar-refractivity contribution is -0.117. The van der Waals surface area contributed by atoms with Gasteiger partial charge in [0, 0.05) is 30.3 Å². The first-order valence-electron chi connectivity index (χ1n) is 6.81. The van der Waals surface area contributed by atoms with E-state index in [-0.39, 0.29) is 23.8 Å². The van der Waals surface area contributed by atoms with Gasteiger partial charge in [0.15, 0.2) is 0 Å². The van der Waals surface area contributed by atoms with Gasteiger partial charge in [-0.25, -0.2) is 0 Å². The molecule has 0 aliphatic heterocycles. The summed E-state index contributed by atoms with van der Waals surface area (Å²) < 4.78 is 4.97. The number of methoxy groups -OCH3 is 1. The third kappa shape index (κ3) is 4.06. The number of anilines is 1. The normalized spacial score (nSPS) is 15.5. The molecule has 0 saturated heterocycles. The number of nitrogens with one attached hydrogen (secondary N) is 2. The van der Waals surface area contributed by atoms with Crippen molar-refractivity contribution in [1.29, 1.82) is 0 Å². The van der Waals surface area contributed by atoms with Crippen molar-refractivity contribution < 1.29 is 14.3 Å². The van der Waals surface area contributed by atoms with Gasteiger partial charge >= 0.3 is 0 Å². The van der Waals surface area contributed by atoms with Crippen LogP contribution < -0.4 is 10.6 Å². The van der Waals surface area contributed by atoms with Crippen molar-refractivity contribution >= 4 is 17.5 Å². The Hall–Kier alpha value is -1.88. The van der Waals surface area contributed by atoms with Crippen LogP contribution in [0.2, 0.25) is 0 Å². The van der Waals surface area contributed by atoms with Crippen LogP contribution >= 0.6 is 0 Å². The van der Waals surface area contributed by atoms with E-state index in [1.807, 2.05) is 6.92 Å². The highest BCUT2D eigenvalue weighted by atomic mass is 16.5. The Morgan fingerprint density at radius 2 is 1.95 bits per heavy atom. The van der Waals surface area contributed by atoms with Gasteiger partial charge in [-0.1, -0.05) is 0 Å². The summed E-state index contributed by atoms with van der Waals surface area (Å²) in [6, 6.07) is 6.86. The van der Waals surface area contributed by atoms with Gasteiger partial charge in [-0.05, 0) is 44.0 Å². The summed E-state index contributed by atoms with van der Waals surface area (Å²) in [5.41, 5.74) is 1.29. The first-order valence-corrected chi connectivity index (χ1v) is 6.81. The molecule has 20 heavy (non-hydrogen) atoms. The molecule has 1 aromatic carbocycles. The van der Waals surface area contributed by atoms with Gasteiger partial charge in [-0.2, -0.15) is 0 Å². The molecule has 5 heteroatoms. The van der Waals surface area contributed by atoms with Crippen LogP contribution in [0.4, 0.5) is 5.69 Å². The number of rotatable bonds is 6.